The van der Waals surface area contributed by atoms with Gasteiger partial charge in [-0.3, -0.25) is 9.48 Å². The molecule has 1 aromatic heterocycles. The molecule has 0 aliphatic heterocycles. The minimum Gasteiger partial charge on any atom is -0.476 e. The molecule has 1 heterocycles. The topological polar surface area (TPSA) is 93.5 Å². The zero-order chi connectivity index (χ0) is 17.1. The molecule has 9 heteroatoms. The largest absolute Gasteiger partial charge is 0.476 e. The average Bonchev–Trinajstić information content (AvgIpc) is 2.84. The van der Waals surface area contributed by atoms with E-state index in [0.29, 0.717) is 5.56 Å². The highest BCUT2D eigenvalue weighted by Gasteiger charge is 2.22. The van der Waals surface area contributed by atoms with Crippen LogP contribution in [0.1, 0.15) is 26.4 Å². The molecule has 0 fully saturated rings. The van der Waals surface area contributed by atoms with Gasteiger partial charge in [-0.25, -0.2) is 4.79 Å². The summed E-state index contributed by atoms with van der Waals surface area (Å²) >= 11 is 0. The van der Waals surface area contributed by atoms with Gasteiger partial charge in [0, 0.05) is 13.2 Å². The highest BCUT2D eigenvalue weighted by Crippen LogP contribution is 2.28. The van der Waals surface area contributed by atoms with E-state index in [4.69, 9.17) is 5.11 Å². The summed E-state index contributed by atoms with van der Waals surface area (Å²) in [6.45, 7) is -1.35. The third kappa shape index (κ3) is 3.82. The summed E-state index contributed by atoms with van der Waals surface area (Å²) in [5.74, 6) is -2.39. The number of benzene rings is 1. The molecule has 1 aromatic carbocycles. The first-order valence-corrected chi connectivity index (χ1v) is 6.41. The summed E-state index contributed by atoms with van der Waals surface area (Å²) in [5, 5.41) is 15.1. The summed E-state index contributed by atoms with van der Waals surface area (Å²) in [6.07, 6.45) is 1.22. The predicted octanol–water partition coefficient (Wildman–Crippen LogP) is 2.28. The number of hydrogen-bond acceptors (Lipinski definition) is 4. The zero-order valence-corrected chi connectivity index (χ0v) is 12.2. The lowest BCUT2D eigenvalue weighted by atomic mass is 10.2. The summed E-state index contributed by atoms with van der Waals surface area (Å²) in [6, 6.07) is 4.27. The van der Waals surface area contributed by atoms with Crippen LogP contribution in [0.5, 0.6) is 5.75 Å². The number of hydrogen-bond donors (Lipinski definition) is 2. The van der Waals surface area contributed by atoms with E-state index in [0.717, 1.165) is 0 Å². The molecule has 0 bridgehead atoms. The molecule has 0 spiro atoms. The first-order valence-electron chi connectivity index (χ1n) is 6.41. The number of nitrogens with zero attached hydrogens (tertiary/aromatic N) is 2. The van der Waals surface area contributed by atoms with Gasteiger partial charge in [-0.1, -0.05) is 6.07 Å². The maximum Gasteiger partial charge on any atom is 0.387 e. The highest BCUT2D eigenvalue weighted by molar-refractivity contribution is 6.10. The van der Waals surface area contributed by atoms with Gasteiger partial charge in [0.2, 0.25) is 0 Å². The second-order valence-corrected chi connectivity index (χ2v) is 4.70. The Hall–Kier alpha value is -2.97. The third-order valence-corrected chi connectivity index (χ3v) is 2.88. The number of halogens is 2. The summed E-state index contributed by atoms with van der Waals surface area (Å²) in [4.78, 5) is 23.3. The SMILES string of the molecule is Cc1ccc(OC(F)F)c(NC(=O)c2cn(C)nc2C(=O)O)c1. The fourth-order valence-electron chi connectivity index (χ4n) is 1.94. The van der Waals surface area contributed by atoms with Gasteiger partial charge in [0.15, 0.2) is 5.69 Å². The summed E-state index contributed by atoms with van der Waals surface area (Å²) < 4.78 is 30.3. The van der Waals surface area contributed by atoms with Gasteiger partial charge in [0.05, 0.1) is 11.3 Å². The Morgan fingerprint density at radius 2 is 2.09 bits per heavy atom. The molecule has 7 nitrogen and oxygen atoms in total. The minimum absolute atomic E-state index is 0.00971. The molecule has 0 atom stereocenters. The summed E-state index contributed by atoms with van der Waals surface area (Å²) in [5.41, 5.74) is 0.0838. The van der Waals surface area contributed by atoms with Crippen molar-refractivity contribution in [3.8, 4) is 5.75 Å². The number of rotatable bonds is 5. The van der Waals surface area contributed by atoms with Crippen LogP contribution in [0.25, 0.3) is 0 Å². The number of anilines is 1. The number of aromatic nitrogens is 2. The maximum absolute atomic E-state index is 12.4. The van der Waals surface area contributed by atoms with Crippen molar-refractivity contribution >= 4 is 17.6 Å². The number of amides is 1. The number of carbonyl (C=O) groups excluding carboxylic acids is 1. The van der Waals surface area contributed by atoms with E-state index in [-0.39, 0.29) is 17.0 Å². The number of alkyl halides is 2. The number of ether oxygens (including phenoxy) is 1. The van der Waals surface area contributed by atoms with Crippen molar-refractivity contribution in [3.63, 3.8) is 0 Å². The molecule has 1 amide bonds. The molecule has 122 valence electrons. The molecule has 0 aliphatic rings. The Morgan fingerprint density at radius 1 is 1.39 bits per heavy atom. The maximum atomic E-state index is 12.4. The van der Waals surface area contributed by atoms with E-state index < -0.39 is 24.2 Å². The van der Waals surface area contributed by atoms with Crippen molar-refractivity contribution in [2.45, 2.75) is 13.5 Å². The highest BCUT2D eigenvalue weighted by atomic mass is 19.3. The second-order valence-electron chi connectivity index (χ2n) is 4.70. The van der Waals surface area contributed by atoms with Crippen molar-refractivity contribution in [1.29, 1.82) is 0 Å². The Bertz CT molecular complexity index is 758. The molecule has 2 N–H and O–H groups in total. The average molecular weight is 325 g/mol. The van der Waals surface area contributed by atoms with E-state index in [1.165, 1.54) is 30.1 Å². The van der Waals surface area contributed by atoms with Crippen LogP contribution >= 0.6 is 0 Å². The number of carboxylic acid groups (broad SMARTS) is 1. The number of carboxylic acids is 1. The molecular weight excluding hydrogens is 312 g/mol. The van der Waals surface area contributed by atoms with E-state index in [2.05, 4.69) is 15.2 Å². The molecular formula is C14H13F2N3O4. The van der Waals surface area contributed by atoms with Gasteiger partial charge in [0.1, 0.15) is 5.75 Å². The van der Waals surface area contributed by atoms with E-state index in [1.54, 1.807) is 13.0 Å². The van der Waals surface area contributed by atoms with Gasteiger partial charge in [-0.2, -0.15) is 13.9 Å². The van der Waals surface area contributed by atoms with E-state index in [9.17, 15) is 18.4 Å². The molecule has 2 aromatic rings. The fourth-order valence-corrected chi connectivity index (χ4v) is 1.94. The van der Waals surface area contributed by atoms with Crippen LogP contribution in [0.2, 0.25) is 0 Å². The van der Waals surface area contributed by atoms with Gasteiger partial charge < -0.3 is 15.2 Å². The van der Waals surface area contributed by atoms with Crippen LogP contribution in [0.4, 0.5) is 14.5 Å². The molecule has 0 aliphatic carbocycles. The number of carbonyl (C=O) groups is 2. The van der Waals surface area contributed by atoms with Gasteiger partial charge in [0.25, 0.3) is 5.91 Å². The van der Waals surface area contributed by atoms with Gasteiger partial charge in [-0.05, 0) is 24.6 Å². The quantitative estimate of drug-likeness (QED) is 0.879. The van der Waals surface area contributed by atoms with Crippen LogP contribution in [0, 0.1) is 6.92 Å². The van der Waals surface area contributed by atoms with Crippen molar-refractivity contribution in [3.05, 3.63) is 41.2 Å². The Kier molecular flexibility index (Phi) is 4.58. The van der Waals surface area contributed by atoms with Crippen LogP contribution in [-0.4, -0.2) is 33.4 Å². The molecule has 2 rings (SSSR count). The molecule has 0 saturated carbocycles. The first-order chi connectivity index (χ1) is 10.8. The summed E-state index contributed by atoms with van der Waals surface area (Å²) in [7, 11) is 1.46. The van der Waals surface area contributed by atoms with Crippen LogP contribution in [0.15, 0.2) is 24.4 Å². The zero-order valence-electron chi connectivity index (χ0n) is 12.2. The standard InChI is InChI=1S/C14H13F2N3O4/c1-7-3-4-10(23-14(15)16)9(5-7)17-12(20)8-6-19(2)18-11(8)13(21)22/h3-6,14H,1-2H3,(H,17,20)(H,21,22). The lowest BCUT2D eigenvalue weighted by Crippen LogP contribution is -2.16. The van der Waals surface area contributed by atoms with Crippen molar-refractivity contribution in [2.75, 3.05) is 5.32 Å². The third-order valence-electron chi connectivity index (χ3n) is 2.88. The minimum atomic E-state index is -3.05. The van der Waals surface area contributed by atoms with E-state index in [1.807, 2.05) is 0 Å². The first kappa shape index (κ1) is 16.4. The predicted molar refractivity (Wildman–Crippen MR) is 75.9 cm³/mol. The van der Waals surface area contributed by atoms with Crippen LogP contribution in [0.3, 0.4) is 0 Å². The monoisotopic (exact) mass is 325 g/mol. The van der Waals surface area contributed by atoms with Crippen molar-refractivity contribution < 1.29 is 28.2 Å². The smallest absolute Gasteiger partial charge is 0.387 e. The Morgan fingerprint density at radius 3 is 2.70 bits per heavy atom. The molecule has 23 heavy (non-hydrogen) atoms. The molecule has 0 radical (unpaired) electrons. The van der Waals surface area contributed by atoms with Crippen molar-refractivity contribution in [2.24, 2.45) is 7.05 Å². The van der Waals surface area contributed by atoms with E-state index >= 15 is 0 Å². The van der Waals surface area contributed by atoms with Gasteiger partial charge >= 0.3 is 12.6 Å². The molecule has 0 saturated heterocycles. The number of aryl methyl sites for hydroxylation is 2. The second kappa shape index (κ2) is 6.42. The normalized spacial score (nSPS) is 10.7. The number of aromatic carboxylic acids is 1. The van der Waals surface area contributed by atoms with Crippen LogP contribution < -0.4 is 10.1 Å². The van der Waals surface area contributed by atoms with Crippen molar-refractivity contribution in [1.82, 2.24) is 9.78 Å². The van der Waals surface area contributed by atoms with Crippen LogP contribution in [-0.2, 0) is 7.05 Å². The number of nitrogens with one attached hydrogen (secondary N) is 1. The lowest BCUT2D eigenvalue weighted by molar-refractivity contribution is -0.0493. The fraction of sp³-hybridized carbons (Fsp3) is 0.214. The van der Waals surface area contributed by atoms with Gasteiger partial charge in [-0.15, -0.1) is 0 Å². The lowest BCUT2D eigenvalue weighted by Gasteiger charge is -2.12. The Balaban J connectivity index is 2.33. The Labute approximate surface area is 129 Å². The molecule has 0 unspecified atom stereocenters.